The molecule has 0 radical (unpaired) electrons. The van der Waals surface area contributed by atoms with Crippen LogP contribution >= 0.6 is 9.39 Å². The molecule has 1 aliphatic rings. The summed E-state index contributed by atoms with van der Waals surface area (Å²) in [6.45, 7) is 0. The van der Waals surface area contributed by atoms with E-state index in [1.54, 1.807) is 6.08 Å². The number of nitrogens with zero attached hydrogens (tertiary/aromatic N) is 1. The van der Waals surface area contributed by atoms with Gasteiger partial charge in [0.1, 0.15) is 5.76 Å². The molecule has 0 aromatic carbocycles. The summed E-state index contributed by atoms with van der Waals surface area (Å²) >= 11 is 0. The van der Waals surface area contributed by atoms with Crippen molar-refractivity contribution in [3.63, 3.8) is 0 Å². The molecule has 0 spiro atoms. The molecule has 0 saturated heterocycles. The van der Waals surface area contributed by atoms with Gasteiger partial charge < -0.3 is 5.11 Å². The van der Waals surface area contributed by atoms with Crippen molar-refractivity contribution < 1.29 is 5.11 Å². The van der Waals surface area contributed by atoms with Crippen LogP contribution in [0.3, 0.4) is 0 Å². The first-order chi connectivity index (χ1) is 4.34. The molecular weight excluding hydrogens is 133 g/mol. The number of rotatable bonds is 0. The SMILES string of the molecule is OC1=CC=CCC1=NP. The van der Waals surface area contributed by atoms with Crippen LogP contribution in [-0.2, 0) is 0 Å². The average molecular weight is 141 g/mol. The fraction of sp³-hybridized carbons (Fsp3) is 0.167. The van der Waals surface area contributed by atoms with Crippen LogP contribution in [0.15, 0.2) is 28.8 Å². The van der Waals surface area contributed by atoms with Gasteiger partial charge in [0.2, 0.25) is 0 Å². The van der Waals surface area contributed by atoms with Gasteiger partial charge in [0, 0.05) is 6.42 Å². The van der Waals surface area contributed by atoms with Crippen LogP contribution in [0.25, 0.3) is 0 Å². The van der Waals surface area contributed by atoms with E-state index >= 15 is 0 Å². The fourth-order valence-corrected chi connectivity index (χ4v) is 0.896. The molecule has 0 heterocycles. The third kappa shape index (κ3) is 1.39. The highest BCUT2D eigenvalue weighted by Gasteiger charge is 2.03. The lowest BCUT2D eigenvalue weighted by Crippen LogP contribution is -2.01. The highest BCUT2D eigenvalue weighted by Crippen LogP contribution is 2.07. The van der Waals surface area contributed by atoms with Crippen LogP contribution in [0.5, 0.6) is 0 Å². The van der Waals surface area contributed by atoms with Crippen molar-refractivity contribution in [2.75, 3.05) is 0 Å². The molecule has 1 rings (SSSR count). The van der Waals surface area contributed by atoms with Crippen molar-refractivity contribution in [3.8, 4) is 0 Å². The maximum atomic E-state index is 9.03. The Morgan fingerprint density at radius 2 is 2.44 bits per heavy atom. The van der Waals surface area contributed by atoms with E-state index in [-0.39, 0.29) is 5.76 Å². The lowest BCUT2D eigenvalue weighted by Gasteiger charge is -2.03. The molecule has 1 unspecified atom stereocenters. The van der Waals surface area contributed by atoms with Crippen molar-refractivity contribution in [2.45, 2.75) is 6.42 Å². The summed E-state index contributed by atoms with van der Waals surface area (Å²) in [6, 6.07) is 0. The normalized spacial score (nSPS) is 22.3. The van der Waals surface area contributed by atoms with Gasteiger partial charge in [-0.1, -0.05) is 12.2 Å². The predicted molar refractivity (Wildman–Crippen MR) is 41.6 cm³/mol. The molecule has 1 aliphatic carbocycles. The number of aliphatic hydroxyl groups is 1. The van der Waals surface area contributed by atoms with Gasteiger partial charge in [-0.3, -0.25) is 4.76 Å². The molecule has 9 heavy (non-hydrogen) atoms. The maximum Gasteiger partial charge on any atom is 0.137 e. The quantitative estimate of drug-likeness (QED) is 0.511. The van der Waals surface area contributed by atoms with Crippen molar-refractivity contribution in [3.05, 3.63) is 24.0 Å². The molecular formula is C6H8NOP. The van der Waals surface area contributed by atoms with Gasteiger partial charge >= 0.3 is 0 Å². The smallest absolute Gasteiger partial charge is 0.137 e. The second kappa shape index (κ2) is 2.79. The molecule has 0 amide bonds. The van der Waals surface area contributed by atoms with E-state index in [1.807, 2.05) is 12.2 Å². The van der Waals surface area contributed by atoms with Gasteiger partial charge in [-0.15, -0.1) is 0 Å². The van der Waals surface area contributed by atoms with Crippen LogP contribution in [0, 0.1) is 0 Å². The molecule has 0 fully saturated rings. The fourth-order valence-electron chi connectivity index (χ4n) is 0.658. The van der Waals surface area contributed by atoms with Gasteiger partial charge in [0.25, 0.3) is 0 Å². The van der Waals surface area contributed by atoms with Gasteiger partial charge in [0.05, 0.1) is 5.71 Å². The Morgan fingerprint density at radius 3 is 2.89 bits per heavy atom. The summed E-state index contributed by atoms with van der Waals surface area (Å²) < 4.78 is 3.79. The van der Waals surface area contributed by atoms with E-state index in [1.165, 1.54) is 0 Å². The number of aliphatic hydroxyl groups excluding tert-OH is 1. The summed E-state index contributed by atoms with van der Waals surface area (Å²) in [5.74, 6) is 0.271. The minimum atomic E-state index is 0.271. The van der Waals surface area contributed by atoms with Crippen LogP contribution in [-0.4, -0.2) is 10.8 Å². The van der Waals surface area contributed by atoms with E-state index in [4.69, 9.17) is 5.11 Å². The highest BCUT2D eigenvalue weighted by molar-refractivity contribution is 7.15. The van der Waals surface area contributed by atoms with E-state index < -0.39 is 0 Å². The number of allylic oxidation sites excluding steroid dienone is 4. The van der Waals surface area contributed by atoms with Crippen molar-refractivity contribution in [1.29, 1.82) is 0 Å². The molecule has 1 N–H and O–H groups in total. The van der Waals surface area contributed by atoms with E-state index in [9.17, 15) is 0 Å². The first-order valence-corrected chi connectivity index (χ1v) is 3.19. The van der Waals surface area contributed by atoms with Crippen LogP contribution in [0.4, 0.5) is 0 Å². The Morgan fingerprint density at radius 1 is 1.67 bits per heavy atom. The van der Waals surface area contributed by atoms with Gasteiger partial charge in [-0.25, -0.2) is 0 Å². The van der Waals surface area contributed by atoms with Gasteiger partial charge in [-0.2, -0.15) is 0 Å². The van der Waals surface area contributed by atoms with Crippen LogP contribution in [0.2, 0.25) is 0 Å². The molecule has 1 atom stereocenters. The maximum absolute atomic E-state index is 9.03. The lowest BCUT2D eigenvalue weighted by atomic mass is 10.1. The zero-order valence-corrected chi connectivity index (χ0v) is 6.07. The number of hydrogen-bond donors (Lipinski definition) is 1. The first kappa shape index (κ1) is 6.50. The third-order valence-electron chi connectivity index (χ3n) is 1.15. The largest absolute Gasteiger partial charge is 0.506 e. The first-order valence-electron chi connectivity index (χ1n) is 2.67. The molecule has 0 aliphatic heterocycles. The minimum Gasteiger partial charge on any atom is -0.506 e. The van der Waals surface area contributed by atoms with Crippen molar-refractivity contribution >= 4 is 15.1 Å². The van der Waals surface area contributed by atoms with Crippen LogP contribution < -0.4 is 0 Å². The van der Waals surface area contributed by atoms with Crippen molar-refractivity contribution in [1.82, 2.24) is 0 Å². The summed E-state index contributed by atoms with van der Waals surface area (Å²) in [6.07, 6.45) is 6.12. The molecule has 0 aromatic heterocycles. The summed E-state index contributed by atoms with van der Waals surface area (Å²) in [4.78, 5) is 0. The Kier molecular flexibility index (Phi) is 2.01. The molecule has 0 saturated carbocycles. The third-order valence-corrected chi connectivity index (χ3v) is 1.46. The predicted octanol–water partition coefficient (Wildman–Crippen LogP) is 1.62. The topological polar surface area (TPSA) is 32.6 Å². The summed E-state index contributed by atoms with van der Waals surface area (Å²) in [5.41, 5.74) is 0.725. The lowest BCUT2D eigenvalue weighted by molar-refractivity contribution is 0.441. The highest BCUT2D eigenvalue weighted by atomic mass is 31.0. The summed E-state index contributed by atoms with van der Waals surface area (Å²) in [5, 5.41) is 9.03. The van der Waals surface area contributed by atoms with E-state index in [0.29, 0.717) is 0 Å². The molecule has 0 bridgehead atoms. The molecule has 0 aromatic rings. The Balaban J connectivity index is 2.83. The standard InChI is InChI=1S/C6H8NOP/c8-6-4-2-1-3-5(6)7-9/h1-2,4,8H,3,9H2. The zero-order chi connectivity index (χ0) is 6.69. The Labute approximate surface area is 56.3 Å². The van der Waals surface area contributed by atoms with Gasteiger partial charge in [-0.05, 0) is 15.5 Å². The zero-order valence-electron chi connectivity index (χ0n) is 4.91. The van der Waals surface area contributed by atoms with E-state index in [0.717, 1.165) is 12.1 Å². The van der Waals surface area contributed by atoms with E-state index in [2.05, 4.69) is 14.2 Å². The Hall–Kier alpha value is -0.620. The molecule has 3 heteroatoms. The molecule has 48 valence electrons. The second-order valence-corrected chi connectivity index (χ2v) is 2.02. The van der Waals surface area contributed by atoms with Crippen molar-refractivity contribution in [2.24, 2.45) is 4.76 Å². The second-order valence-electron chi connectivity index (χ2n) is 1.76. The number of hydrogen-bond acceptors (Lipinski definition) is 2. The Bertz CT molecular complexity index is 193. The van der Waals surface area contributed by atoms with Crippen LogP contribution in [0.1, 0.15) is 6.42 Å². The van der Waals surface area contributed by atoms with Gasteiger partial charge in [0.15, 0.2) is 0 Å². The monoisotopic (exact) mass is 141 g/mol. The summed E-state index contributed by atoms with van der Waals surface area (Å²) in [7, 11) is 2.22. The average Bonchev–Trinajstić information content (AvgIpc) is 1.89. The molecule has 2 nitrogen and oxygen atoms in total. The minimum absolute atomic E-state index is 0.271.